The Bertz CT molecular complexity index is 1210. The van der Waals surface area contributed by atoms with E-state index in [2.05, 4.69) is 45.1 Å². The minimum Gasteiger partial charge on any atom is -0.462 e. The monoisotopic (exact) mass is 1050 g/mol. The summed E-state index contributed by atoms with van der Waals surface area (Å²) in [6.45, 7) is 6.70. The molecule has 0 radical (unpaired) electrons. The third-order valence-electron chi connectivity index (χ3n) is 15.5. The molecule has 0 aromatic carbocycles. The van der Waals surface area contributed by atoms with Crippen LogP contribution in [0.2, 0.25) is 0 Å². The van der Waals surface area contributed by atoms with Crippen LogP contribution in [0.5, 0.6) is 0 Å². The molecule has 1 atom stereocenters. The molecule has 6 nitrogen and oxygen atoms in total. The largest absolute Gasteiger partial charge is 0.462 e. The van der Waals surface area contributed by atoms with Crippen LogP contribution >= 0.6 is 0 Å². The van der Waals surface area contributed by atoms with Crippen molar-refractivity contribution in [1.29, 1.82) is 0 Å². The number of carbonyl (C=O) groups excluding carboxylic acids is 3. The van der Waals surface area contributed by atoms with Gasteiger partial charge in [-0.15, -0.1) is 0 Å². The average molecular weight is 1060 g/mol. The van der Waals surface area contributed by atoms with Crippen molar-refractivity contribution in [3.8, 4) is 0 Å². The van der Waals surface area contributed by atoms with Gasteiger partial charge in [0, 0.05) is 19.3 Å². The van der Waals surface area contributed by atoms with Gasteiger partial charge in [0.15, 0.2) is 6.10 Å². The lowest BCUT2D eigenvalue weighted by Gasteiger charge is -2.18. The molecule has 0 aliphatic carbocycles. The first-order chi connectivity index (χ1) is 37.0. The first-order valence-corrected chi connectivity index (χ1v) is 33.8. The zero-order chi connectivity index (χ0) is 54.3. The zero-order valence-corrected chi connectivity index (χ0v) is 50.8. The lowest BCUT2D eigenvalue weighted by atomic mass is 10.0. The molecule has 0 bridgehead atoms. The van der Waals surface area contributed by atoms with Gasteiger partial charge in [0.25, 0.3) is 0 Å². The molecule has 1 unspecified atom stereocenters. The maximum atomic E-state index is 12.9. The van der Waals surface area contributed by atoms with E-state index >= 15 is 0 Å². The molecule has 0 aliphatic rings. The van der Waals surface area contributed by atoms with Gasteiger partial charge in [-0.25, -0.2) is 0 Å². The first-order valence-electron chi connectivity index (χ1n) is 33.8. The Morgan fingerprint density at radius 1 is 0.267 bits per heavy atom. The van der Waals surface area contributed by atoms with Crippen LogP contribution in [0.4, 0.5) is 0 Å². The Kier molecular flexibility index (Phi) is 62.6. The molecule has 442 valence electrons. The van der Waals surface area contributed by atoms with Crippen molar-refractivity contribution in [2.24, 2.45) is 0 Å². The zero-order valence-electron chi connectivity index (χ0n) is 50.8. The van der Waals surface area contributed by atoms with Crippen LogP contribution in [0.25, 0.3) is 0 Å². The van der Waals surface area contributed by atoms with Gasteiger partial charge in [-0.3, -0.25) is 14.4 Å². The summed E-state index contributed by atoms with van der Waals surface area (Å²) in [6.07, 6.45) is 77.6. The van der Waals surface area contributed by atoms with Crippen molar-refractivity contribution in [1.82, 2.24) is 0 Å². The third-order valence-corrected chi connectivity index (χ3v) is 15.5. The van der Waals surface area contributed by atoms with Crippen LogP contribution in [-0.2, 0) is 28.6 Å². The second-order valence-electron chi connectivity index (χ2n) is 23.1. The maximum absolute atomic E-state index is 12.9. The van der Waals surface area contributed by atoms with Gasteiger partial charge in [-0.2, -0.15) is 0 Å². The summed E-state index contributed by atoms with van der Waals surface area (Å²) in [5, 5.41) is 0. The van der Waals surface area contributed by atoms with E-state index in [0.717, 1.165) is 70.6 Å². The number of esters is 3. The predicted molar refractivity (Wildman–Crippen MR) is 326 cm³/mol. The smallest absolute Gasteiger partial charge is 0.306 e. The number of allylic oxidation sites excluding steroid dienone is 4. The molecule has 0 heterocycles. The van der Waals surface area contributed by atoms with E-state index in [0.29, 0.717) is 19.3 Å². The molecule has 6 heteroatoms. The second-order valence-corrected chi connectivity index (χ2v) is 23.1. The Hall–Kier alpha value is -2.11. The van der Waals surface area contributed by atoms with E-state index in [9.17, 15) is 14.4 Å². The van der Waals surface area contributed by atoms with Gasteiger partial charge in [0.2, 0.25) is 0 Å². The van der Waals surface area contributed by atoms with Gasteiger partial charge in [-0.1, -0.05) is 334 Å². The van der Waals surface area contributed by atoms with E-state index in [1.807, 2.05) is 0 Å². The summed E-state index contributed by atoms with van der Waals surface area (Å²) >= 11 is 0. The van der Waals surface area contributed by atoms with Crippen molar-refractivity contribution in [2.45, 2.75) is 386 Å². The van der Waals surface area contributed by atoms with E-state index in [-0.39, 0.29) is 31.1 Å². The standard InChI is InChI=1S/C69H130O6/c1-4-7-10-13-16-19-22-25-28-31-34-35-36-39-41-44-47-50-53-56-59-62-68(71)74-65-66(75-69(72)63-60-57-54-51-48-45-42-38-33-30-27-24-21-18-15-12-9-6-3)64-73-67(70)61-58-55-52-49-46-43-40-37-32-29-26-23-20-17-14-11-8-5-2/h21,24,30,33,66H,4-20,22-23,25-29,31-32,34-65H2,1-3H3/b24-21-,33-30-. The van der Waals surface area contributed by atoms with E-state index in [1.165, 1.54) is 270 Å². The number of ether oxygens (including phenoxy) is 3. The quantitative estimate of drug-likeness (QED) is 0.0261. The number of carbonyl (C=O) groups is 3. The van der Waals surface area contributed by atoms with Gasteiger partial charge in [0.05, 0.1) is 0 Å². The highest BCUT2D eigenvalue weighted by Crippen LogP contribution is 2.18. The molecule has 0 fully saturated rings. The van der Waals surface area contributed by atoms with Crippen LogP contribution in [0, 0.1) is 0 Å². The summed E-state index contributed by atoms with van der Waals surface area (Å²) in [5.74, 6) is -0.844. The minimum absolute atomic E-state index is 0.0681. The number of hydrogen-bond donors (Lipinski definition) is 0. The third kappa shape index (κ3) is 62.6. The fourth-order valence-corrected chi connectivity index (χ4v) is 10.4. The molecule has 0 amide bonds. The highest BCUT2D eigenvalue weighted by molar-refractivity contribution is 5.71. The maximum Gasteiger partial charge on any atom is 0.306 e. The summed E-state index contributed by atoms with van der Waals surface area (Å²) in [6, 6.07) is 0. The van der Waals surface area contributed by atoms with Gasteiger partial charge in [0.1, 0.15) is 13.2 Å². The van der Waals surface area contributed by atoms with Crippen LogP contribution in [-0.4, -0.2) is 37.2 Å². The summed E-state index contributed by atoms with van der Waals surface area (Å²) in [5.41, 5.74) is 0. The van der Waals surface area contributed by atoms with Crippen molar-refractivity contribution in [3.63, 3.8) is 0 Å². The fraction of sp³-hybridized carbons (Fsp3) is 0.899. The predicted octanol–water partition coefficient (Wildman–Crippen LogP) is 23.0. The van der Waals surface area contributed by atoms with Crippen LogP contribution in [0.15, 0.2) is 24.3 Å². The Morgan fingerprint density at radius 3 is 0.747 bits per heavy atom. The molecule has 0 aromatic heterocycles. The molecular weight excluding hydrogens is 925 g/mol. The lowest BCUT2D eigenvalue weighted by molar-refractivity contribution is -0.167. The minimum atomic E-state index is -0.772. The molecule has 0 rings (SSSR count). The molecular formula is C69H130O6. The van der Waals surface area contributed by atoms with Crippen molar-refractivity contribution in [3.05, 3.63) is 24.3 Å². The fourth-order valence-electron chi connectivity index (χ4n) is 10.4. The normalized spacial score (nSPS) is 12.1. The van der Waals surface area contributed by atoms with Crippen LogP contribution in [0.1, 0.15) is 380 Å². The SMILES string of the molecule is CCCCCC/C=C\C/C=C\CCCCCCCCCC(=O)OC(COC(=O)CCCCCCCCCCCCCCCCCCCC)COC(=O)CCCCCCCCCCCCCCCCCCCCCCC. The number of hydrogen-bond acceptors (Lipinski definition) is 6. The molecule has 0 N–H and O–H groups in total. The topological polar surface area (TPSA) is 78.9 Å². The number of rotatable bonds is 63. The second kappa shape index (κ2) is 64.4. The van der Waals surface area contributed by atoms with Crippen molar-refractivity contribution < 1.29 is 28.6 Å². The molecule has 0 saturated carbocycles. The first kappa shape index (κ1) is 72.9. The Labute approximate surface area is 468 Å². The van der Waals surface area contributed by atoms with Crippen molar-refractivity contribution in [2.75, 3.05) is 13.2 Å². The van der Waals surface area contributed by atoms with E-state index in [4.69, 9.17) is 14.2 Å². The lowest BCUT2D eigenvalue weighted by Crippen LogP contribution is -2.30. The van der Waals surface area contributed by atoms with Gasteiger partial charge in [-0.05, 0) is 51.4 Å². The molecule has 75 heavy (non-hydrogen) atoms. The highest BCUT2D eigenvalue weighted by Gasteiger charge is 2.19. The van der Waals surface area contributed by atoms with Crippen molar-refractivity contribution >= 4 is 17.9 Å². The Balaban J connectivity index is 4.30. The molecule has 0 aliphatic heterocycles. The molecule has 0 saturated heterocycles. The average Bonchev–Trinajstić information content (AvgIpc) is 3.41. The number of unbranched alkanes of at least 4 members (excludes halogenated alkanes) is 48. The summed E-state index contributed by atoms with van der Waals surface area (Å²) in [4.78, 5) is 38.4. The van der Waals surface area contributed by atoms with Gasteiger partial charge < -0.3 is 14.2 Å². The van der Waals surface area contributed by atoms with Crippen LogP contribution in [0.3, 0.4) is 0 Å². The van der Waals surface area contributed by atoms with E-state index in [1.54, 1.807) is 0 Å². The summed E-state index contributed by atoms with van der Waals surface area (Å²) < 4.78 is 17.0. The van der Waals surface area contributed by atoms with Gasteiger partial charge >= 0.3 is 17.9 Å². The molecule has 0 spiro atoms. The highest BCUT2D eigenvalue weighted by atomic mass is 16.6. The summed E-state index contributed by atoms with van der Waals surface area (Å²) in [7, 11) is 0. The van der Waals surface area contributed by atoms with E-state index < -0.39 is 6.10 Å². The Morgan fingerprint density at radius 2 is 0.480 bits per heavy atom. The molecule has 0 aromatic rings. The van der Waals surface area contributed by atoms with Crippen LogP contribution < -0.4 is 0 Å².